The van der Waals surface area contributed by atoms with Gasteiger partial charge < -0.3 is 10.6 Å². The highest BCUT2D eigenvalue weighted by atomic mass is 15.1. The Hall–Kier alpha value is -0.0800. The predicted molar refractivity (Wildman–Crippen MR) is 57.7 cm³/mol. The van der Waals surface area contributed by atoms with Crippen LogP contribution in [-0.2, 0) is 0 Å². The fourth-order valence-electron chi connectivity index (χ4n) is 2.17. The van der Waals surface area contributed by atoms with Crippen LogP contribution in [0.5, 0.6) is 0 Å². The average Bonchev–Trinajstić information content (AvgIpc) is 2.10. The molecule has 0 aromatic heterocycles. The highest BCUT2D eigenvalue weighted by molar-refractivity contribution is 4.89. The van der Waals surface area contributed by atoms with Gasteiger partial charge in [0, 0.05) is 0 Å². The van der Waals surface area contributed by atoms with Gasteiger partial charge in [0.1, 0.15) is 0 Å². The van der Waals surface area contributed by atoms with Crippen LogP contribution in [0.2, 0.25) is 0 Å². The van der Waals surface area contributed by atoms with E-state index in [1.165, 1.54) is 45.3 Å². The molecular weight excluding hydrogens is 160 g/mol. The Morgan fingerprint density at radius 1 is 1.23 bits per heavy atom. The van der Waals surface area contributed by atoms with Crippen LogP contribution in [-0.4, -0.2) is 31.1 Å². The summed E-state index contributed by atoms with van der Waals surface area (Å²) in [6.45, 7) is 8.96. The van der Waals surface area contributed by atoms with E-state index in [2.05, 4.69) is 18.7 Å². The standard InChI is InChI=1S/C11H24N2/c1-3-13(4-2)9-8-11(10-12)6-5-7-11/h3-10,12H2,1-2H3. The molecule has 0 amide bonds. The van der Waals surface area contributed by atoms with Gasteiger partial charge in [0.15, 0.2) is 0 Å². The van der Waals surface area contributed by atoms with E-state index in [0.29, 0.717) is 5.41 Å². The molecule has 2 heteroatoms. The minimum atomic E-state index is 0.530. The van der Waals surface area contributed by atoms with E-state index in [9.17, 15) is 0 Å². The molecule has 1 saturated carbocycles. The summed E-state index contributed by atoms with van der Waals surface area (Å²) in [5.74, 6) is 0. The molecule has 78 valence electrons. The number of nitrogens with zero attached hydrogens (tertiary/aromatic N) is 1. The molecule has 0 radical (unpaired) electrons. The van der Waals surface area contributed by atoms with E-state index in [1.54, 1.807) is 0 Å². The lowest BCUT2D eigenvalue weighted by Gasteiger charge is -2.42. The van der Waals surface area contributed by atoms with Crippen molar-refractivity contribution < 1.29 is 0 Å². The zero-order valence-corrected chi connectivity index (χ0v) is 9.18. The summed E-state index contributed by atoms with van der Waals surface area (Å²) in [6.07, 6.45) is 5.44. The summed E-state index contributed by atoms with van der Waals surface area (Å²) in [5, 5.41) is 0. The zero-order valence-electron chi connectivity index (χ0n) is 9.18. The van der Waals surface area contributed by atoms with E-state index in [0.717, 1.165) is 6.54 Å². The molecule has 2 N–H and O–H groups in total. The molecule has 0 bridgehead atoms. The van der Waals surface area contributed by atoms with Crippen molar-refractivity contribution in [2.75, 3.05) is 26.2 Å². The quantitative estimate of drug-likeness (QED) is 0.682. The van der Waals surface area contributed by atoms with Crippen LogP contribution in [0, 0.1) is 5.41 Å². The molecule has 0 atom stereocenters. The lowest BCUT2D eigenvalue weighted by Crippen LogP contribution is -2.40. The second-order valence-corrected chi connectivity index (χ2v) is 4.33. The van der Waals surface area contributed by atoms with Crippen molar-refractivity contribution in [3.05, 3.63) is 0 Å². The van der Waals surface area contributed by atoms with Gasteiger partial charge in [0.25, 0.3) is 0 Å². The van der Waals surface area contributed by atoms with Crippen LogP contribution < -0.4 is 5.73 Å². The summed E-state index contributed by atoms with van der Waals surface area (Å²) in [5.41, 5.74) is 6.35. The highest BCUT2D eigenvalue weighted by Gasteiger charge is 2.35. The number of hydrogen-bond acceptors (Lipinski definition) is 2. The van der Waals surface area contributed by atoms with Gasteiger partial charge in [-0.15, -0.1) is 0 Å². The Morgan fingerprint density at radius 3 is 2.15 bits per heavy atom. The van der Waals surface area contributed by atoms with E-state index < -0.39 is 0 Å². The third-order valence-corrected chi connectivity index (χ3v) is 3.70. The normalized spacial score (nSPS) is 20.3. The molecule has 0 saturated heterocycles. The molecule has 0 aromatic rings. The lowest BCUT2D eigenvalue weighted by molar-refractivity contribution is 0.108. The van der Waals surface area contributed by atoms with Crippen molar-refractivity contribution in [2.45, 2.75) is 39.5 Å². The third-order valence-electron chi connectivity index (χ3n) is 3.70. The summed E-state index contributed by atoms with van der Waals surface area (Å²) in [7, 11) is 0. The topological polar surface area (TPSA) is 29.3 Å². The van der Waals surface area contributed by atoms with Gasteiger partial charge in [-0.2, -0.15) is 0 Å². The Bertz CT molecular complexity index is 132. The molecule has 2 nitrogen and oxygen atoms in total. The second kappa shape index (κ2) is 4.97. The average molecular weight is 184 g/mol. The molecule has 1 aliphatic rings. The maximum absolute atomic E-state index is 5.82. The number of nitrogens with two attached hydrogens (primary N) is 1. The van der Waals surface area contributed by atoms with Gasteiger partial charge in [0.05, 0.1) is 0 Å². The van der Waals surface area contributed by atoms with Crippen LogP contribution in [0.1, 0.15) is 39.5 Å². The Balaban J connectivity index is 2.23. The van der Waals surface area contributed by atoms with Crippen molar-refractivity contribution in [3.8, 4) is 0 Å². The smallest absolute Gasteiger partial charge is 0.00132 e. The molecule has 0 heterocycles. The van der Waals surface area contributed by atoms with Crippen LogP contribution in [0.3, 0.4) is 0 Å². The maximum atomic E-state index is 5.82. The van der Waals surface area contributed by atoms with Crippen LogP contribution in [0.15, 0.2) is 0 Å². The summed E-state index contributed by atoms with van der Waals surface area (Å²) in [6, 6.07) is 0. The fraction of sp³-hybridized carbons (Fsp3) is 1.00. The first-order valence-electron chi connectivity index (χ1n) is 5.69. The van der Waals surface area contributed by atoms with Gasteiger partial charge >= 0.3 is 0 Å². The van der Waals surface area contributed by atoms with Crippen LogP contribution in [0.4, 0.5) is 0 Å². The first-order valence-corrected chi connectivity index (χ1v) is 5.69. The molecule has 0 spiro atoms. The predicted octanol–water partition coefficient (Wildman–Crippen LogP) is 1.85. The van der Waals surface area contributed by atoms with Crippen molar-refractivity contribution in [3.63, 3.8) is 0 Å². The third kappa shape index (κ3) is 2.68. The van der Waals surface area contributed by atoms with Crippen LogP contribution in [0.25, 0.3) is 0 Å². The maximum Gasteiger partial charge on any atom is -0.00132 e. The first kappa shape index (κ1) is 11.0. The SMILES string of the molecule is CCN(CC)CCC1(CN)CCC1. The summed E-state index contributed by atoms with van der Waals surface area (Å²) in [4.78, 5) is 2.50. The van der Waals surface area contributed by atoms with Gasteiger partial charge in [-0.25, -0.2) is 0 Å². The van der Waals surface area contributed by atoms with Crippen LogP contribution >= 0.6 is 0 Å². The van der Waals surface area contributed by atoms with Crippen molar-refractivity contribution >= 4 is 0 Å². The summed E-state index contributed by atoms with van der Waals surface area (Å²) < 4.78 is 0. The highest BCUT2D eigenvalue weighted by Crippen LogP contribution is 2.42. The minimum absolute atomic E-state index is 0.530. The largest absolute Gasteiger partial charge is 0.330 e. The number of rotatable bonds is 6. The minimum Gasteiger partial charge on any atom is -0.330 e. The Kier molecular flexibility index (Phi) is 4.20. The monoisotopic (exact) mass is 184 g/mol. The van der Waals surface area contributed by atoms with E-state index in [-0.39, 0.29) is 0 Å². The second-order valence-electron chi connectivity index (χ2n) is 4.33. The molecule has 1 fully saturated rings. The molecule has 13 heavy (non-hydrogen) atoms. The fourth-order valence-corrected chi connectivity index (χ4v) is 2.17. The molecular formula is C11H24N2. The van der Waals surface area contributed by atoms with E-state index in [1.807, 2.05) is 0 Å². The van der Waals surface area contributed by atoms with Crippen molar-refractivity contribution in [1.29, 1.82) is 0 Å². The van der Waals surface area contributed by atoms with Gasteiger partial charge in [-0.05, 0) is 50.9 Å². The molecule has 0 aliphatic heterocycles. The zero-order chi connectivity index (χ0) is 9.73. The van der Waals surface area contributed by atoms with Crippen molar-refractivity contribution in [2.24, 2.45) is 11.1 Å². The molecule has 1 rings (SSSR count). The van der Waals surface area contributed by atoms with E-state index in [4.69, 9.17) is 5.73 Å². The Labute approximate surface area is 82.5 Å². The van der Waals surface area contributed by atoms with Crippen molar-refractivity contribution in [1.82, 2.24) is 4.90 Å². The molecule has 1 aliphatic carbocycles. The van der Waals surface area contributed by atoms with Gasteiger partial charge in [-0.1, -0.05) is 20.3 Å². The first-order chi connectivity index (χ1) is 6.26. The van der Waals surface area contributed by atoms with E-state index >= 15 is 0 Å². The van der Waals surface area contributed by atoms with Gasteiger partial charge in [0.2, 0.25) is 0 Å². The number of hydrogen-bond donors (Lipinski definition) is 1. The van der Waals surface area contributed by atoms with Gasteiger partial charge in [-0.3, -0.25) is 0 Å². The lowest BCUT2D eigenvalue weighted by atomic mass is 9.66. The molecule has 0 unspecified atom stereocenters. The molecule has 0 aromatic carbocycles. The Morgan fingerprint density at radius 2 is 1.85 bits per heavy atom. The summed E-state index contributed by atoms with van der Waals surface area (Å²) >= 11 is 0.